The number of carbonyl (C=O) groups excluding carboxylic acids is 2. The van der Waals surface area contributed by atoms with Crippen LogP contribution in [0.15, 0.2) is 77.7 Å². The number of nitrogens with one attached hydrogen (secondary N) is 4. The standard InChI is InChI=1S/C22H22N4O5S/c1-23-32(29,30)20-13-15(11-12-19(20)31-2)21(27)24-17-9-6-10-18(14-17)26-22(28)25-16-7-4-3-5-8-16/h3-14,23H,1-2H3,(H,24,27)(H2,25,26,28). The van der Waals surface area contributed by atoms with Gasteiger partial charge in [0.1, 0.15) is 10.6 Å². The van der Waals surface area contributed by atoms with Crippen molar-refractivity contribution in [2.75, 3.05) is 30.1 Å². The van der Waals surface area contributed by atoms with Crippen molar-refractivity contribution in [3.05, 3.63) is 78.4 Å². The number of amides is 3. The summed E-state index contributed by atoms with van der Waals surface area (Å²) in [6, 6.07) is 19.2. The van der Waals surface area contributed by atoms with Gasteiger partial charge in [0, 0.05) is 22.6 Å². The van der Waals surface area contributed by atoms with Gasteiger partial charge in [-0.2, -0.15) is 0 Å². The highest BCUT2D eigenvalue weighted by Gasteiger charge is 2.20. The fourth-order valence-electron chi connectivity index (χ4n) is 2.83. The number of hydrogen-bond donors (Lipinski definition) is 4. The zero-order chi connectivity index (χ0) is 23.1. The van der Waals surface area contributed by atoms with E-state index in [-0.39, 0.29) is 16.2 Å². The molecule has 3 amide bonds. The van der Waals surface area contributed by atoms with Crippen LogP contribution in [0.4, 0.5) is 21.9 Å². The topological polar surface area (TPSA) is 126 Å². The fraction of sp³-hybridized carbons (Fsp3) is 0.0909. The van der Waals surface area contributed by atoms with Crippen molar-refractivity contribution in [1.29, 1.82) is 0 Å². The Hall–Kier alpha value is -3.89. The maximum absolute atomic E-state index is 12.7. The minimum absolute atomic E-state index is 0.117. The summed E-state index contributed by atoms with van der Waals surface area (Å²) in [5.41, 5.74) is 1.65. The lowest BCUT2D eigenvalue weighted by Crippen LogP contribution is -2.21. The summed E-state index contributed by atoms with van der Waals surface area (Å²) in [5.74, 6) is -0.405. The summed E-state index contributed by atoms with van der Waals surface area (Å²) in [6.45, 7) is 0. The Labute approximate surface area is 185 Å². The monoisotopic (exact) mass is 454 g/mol. The summed E-state index contributed by atoms with van der Waals surface area (Å²) < 4.78 is 31.7. The normalized spacial score (nSPS) is 10.8. The number of benzene rings is 3. The second-order valence-electron chi connectivity index (χ2n) is 6.55. The molecule has 9 nitrogen and oxygen atoms in total. The lowest BCUT2D eigenvalue weighted by molar-refractivity contribution is 0.102. The number of para-hydroxylation sites is 1. The third kappa shape index (κ3) is 5.62. The Balaban J connectivity index is 1.73. The molecule has 0 saturated carbocycles. The van der Waals surface area contributed by atoms with Gasteiger partial charge in [-0.25, -0.2) is 17.9 Å². The number of rotatable bonds is 7. The predicted molar refractivity (Wildman–Crippen MR) is 123 cm³/mol. The second-order valence-corrected chi connectivity index (χ2v) is 8.41. The first kappa shape index (κ1) is 22.8. The van der Waals surface area contributed by atoms with Crippen molar-refractivity contribution in [1.82, 2.24) is 4.72 Å². The van der Waals surface area contributed by atoms with Crippen molar-refractivity contribution in [2.24, 2.45) is 0 Å². The molecule has 10 heteroatoms. The molecule has 0 radical (unpaired) electrons. The molecule has 3 aromatic rings. The molecule has 0 aromatic heterocycles. The molecule has 32 heavy (non-hydrogen) atoms. The van der Waals surface area contributed by atoms with Crippen LogP contribution in [0.1, 0.15) is 10.4 Å². The van der Waals surface area contributed by atoms with E-state index in [0.29, 0.717) is 17.1 Å². The van der Waals surface area contributed by atoms with Gasteiger partial charge in [0.15, 0.2) is 0 Å². The largest absolute Gasteiger partial charge is 0.495 e. The van der Waals surface area contributed by atoms with Crippen molar-refractivity contribution in [3.63, 3.8) is 0 Å². The van der Waals surface area contributed by atoms with E-state index >= 15 is 0 Å². The molecule has 0 aliphatic carbocycles. The Kier molecular flexibility index (Phi) is 7.08. The van der Waals surface area contributed by atoms with Crippen LogP contribution in [0.5, 0.6) is 5.75 Å². The molecule has 4 N–H and O–H groups in total. The molecular formula is C22H22N4O5S. The van der Waals surface area contributed by atoms with E-state index in [4.69, 9.17) is 4.74 Å². The molecule has 166 valence electrons. The SMILES string of the molecule is CNS(=O)(=O)c1cc(C(=O)Nc2cccc(NC(=O)Nc3ccccc3)c2)ccc1OC. The van der Waals surface area contributed by atoms with E-state index in [2.05, 4.69) is 20.7 Å². The van der Waals surface area contributed by atoms with E-state index < -0.39 is 22.0 Å². The van der Waals surface area contributed by atoms with Crippen LogP contribution in [-0.2, 0) is 10.0 Å². The summed E-state index contributed by atoms with van der Waals surface area (Å²) in [7, 11) is -1.21. The highest BCUT2D eigenvalue weighted by atomic mass is 32.2. The van der Waals surface area contributed by atoms with Crippen molar-refractivity contribution in [2.45, 2.75) is 4.90 Å². The van der Waals surface area contributed by atoms with E-state index in [1.54, 1.807) is 48.5 Å². The Morgan fingerprint density at radius 3 is 2.06 bits per heavy atom. The van der Waals surface area contributed by atoms with E-state index in [9.17, 15) is 18.0 Å². The zero-order valence-electron chi connectivity index (χ0n) is 17.4. The summed E-state index contributed by atoms with van der Waals surface area (Å²) in [6.07, 6.45) is 0. The molecule has 0 saturated heterocycles. The Morgan fingerprint density at radius 1 is 0.781 bits per heavy atom. The number of carbonyl (C=O) groups is 2. The third-order valence-electron chi connectivity index (χ3n) is 4.39. The molecule has 3 aromatic carbocycles. The molecular weight excluding hydrogens is 432 g/mol. The number of urea groups is 1. The minimum atomic E-state index is -3.83. The Bertz CT molecular complexity index is 1230. The average molecular weight is 455 g/mol. The highest BCUT2D eigenvalue weighted by Crippen LogP contribution is 2.25. The number of anilines is 3. The molecule has 0 aliphatic rings. The van der Waals surface area contributed by atoms with Gasteiger partial charge in [-0.15, -0.1) is 0 Å². The molecule has 0 heterocycles. The molecule has 0 fully saturated rings. The molecule has 3 rings (SSSR count). The van der Waals surface area contributed by atoms with E-state index in [1.807, 2.05) is 6.07 Å². The number of hydrogen-bond acceptors (Lipinski definition) is 5. The van der Waals surface area contributed by atoms with Crippen LogP contribution in [0.25, 0.3) is 0 Å². The quantitative estimate of drug-likeness (QED) is 0.435. The minimum Gasteiger partial charge on any atom is -0.495 e. The van der Waals surface area contributed by atoms with Gasteiger partial charge in [-0.1, -0.05) is 24.3 Å². The maximum atomic E-state index is 12.7. The van der Waals surface area contributed by atoms with Crippen molar-refractivity contribution >= 4 is 39.0 Å². The van der Waals surface area contributed by atoms with Crippen LogP contribution in [0.3, 0.4) is 0 Å². The predicted octanol–water partition coefficient (Wildman–Crippen LogP) is 3.50. The number of methoxy groups -OCH3 is 1. The van der Waals surface area contributed by atoms with Crippen LogP contribution in [0.2, 0.25) is 0 Å². The summed E-state index contributed by atoms with van der Waals surface area (Å²) in [4.78, 5) is 24.7. The molecule has 0 unspecified atom stereocenters. The van der Waals surface area contributed by atoms with Crippen LogP contribution in [0, 0.1) is 0 Å². The lowest BCUT2D eigenvalue weighted by Gasteiger charge is -2.12. The van der Waals surface area contributed by atoms with Gasteiger partial charge >= 0.3 is 6.03 Å². The molecule has 0 atom stereocenters. The van der Waals surface area contributed by atoms with Gasteiger partial charge in [0.2, 0.25) is 10.0 Å². The average Bonchev–Trinajstić information content (AvgIpc) is 2.79. The lowest BCUT2D eigenvalue weighted by atomic mass is 10.2. The van der Waals surface area contributed by atoms with Gasteiger partial charge in [-0.05, 0) is 55.6 Å². The van der Waals surface area contributed by atoms with Gasteiger partial charge < -0.3 is 20.7 Å². The van der Waals surface area contributed by atoms with Crippen LogP contribution >= 0.6 is 0 Å². The fourth-order valence-corrected chi connectivity index (χ4v) is 3.75. The molecule has 0 bridgehead atoms. The Morgan fingerprint density at radius 2 is 1.41 bits per heavy atom. The van der Waals surface area contributed by atoms with Gasteiger partial charge in [-0.3, -0.25) is 4.79 Å². The second kappa shape index (κ2) is 9.94. The molecule has 0 aliphatic heterocycles. The highest BCUT2D eigenvalue weighted by molar-refractivity contribution is 7.89. The van der Waals surface area contributed by atoms with Gasteiger partial charge in [0.25, 0.3) is 5.91 Å². The zero-order valence-corrected chi connectivity index (χ0v) is 18.2. The summed E-state index contributed by atoms with van der Waals surface area (Å²) in [5, 5.41) is 8.08. The van der Waals surface area contributed by atoms with Crippen LogP contribution < -0.4 is 25.4 Å². The first-order valence-corrected chi connectivity index (χ1v) is 11.0. The first-order valence-electron chi connectivity index (χ1n) is 9.48. The number of sulfonamides is 1. The van der Waals surface area contributed by atoms with Crippen LogP contribution in [-0.4, -0.2) is 34.5 Å². The van der Waals surface area contributed by atoms with Gasteiger partial charge in [0.05, 0.1) is 7.11 Å². The van der Waals surface area contributed by atoms with Crippen molar-refractivity contribution < 1.29 is 22.7 Å². The molecule has 0 spiro atoms. The number of ether oxygens (including phenoxy) is 1. The van der Waals surface area contributed by atoms with E-state index in [1.165, 1.54) is 32.4 Å². The van der Waals surface area contributed by atoms with E-state index in [0.717, 1.165) is 0 Å². The maximum Gasteiger partial charge on any atom is 0.323 e. The van der Waals surface area contributed by atoms with Crippen molar-refractivity contribution in [3.8, 4) is 5.75 Å². The smallest absolute Gasteiger partial charge is 0.323 e. The summed E-state index contributed by atoms with van der Waals surface area (Å²) >= 11 is 0. The third-order valence-corrected chi connectivity index (χ3v) is 5.83. The first-order chi connectivity index (χ1) is 15.3.